The second-order valence-electron chi connectivity index (χ2n) is 4.59. The van der Waals surface area contributed by atoms with Crippen LogP contribution in [0.5, 0.6) is 0 Å². The standard InChI is InChI=1S/C12H12N4O3/c1-16-8(9(17)15-11(16)13)12(19)6-4-2-3-5-7(6)14-10(12)18/h2-5,8,19H,1H3,(H,14,18)(H2,13,15,17). The first-order chi connectivity index (χ1) is 8.96. The lowest BCUT2D eigenvalue weighted by Crippen LogP contribution is -2.56. The predicted octanol–water partition coefficient (Wildman–Crippen LogP) is -1.02. The van der Waals surface area contributed by atoms with Crippen molar-refractivity contribution >= 4 is 23.5 Å². The third kappa shape index (κ3) is 1.33. The SMILES string of the molecule is CN1C(N)=NC(=O)C1C1(O)C(=O)Nc2ccccc21. The molecule has 0 spiro atoms. The summed E-state index contributed by atoms with van der Waals surface area (Å²) in [7, 11) is 1.51. The molecule has 98 valence electrons. The average molecular weight is 260 g/mol. The number of fused-ring (bicyclic) bond motifs is 1. The minimum Gasteiger partial charge on any atom is -0.373 e. The van der Waals surface area contributed by atoms with Gasteiger partial charge in [0.1, 0.15) is 0 Å². The number of hydrogen-bond acceptors (Lipinski definition) is 5. The molecule has 2 amide bonds. The fourth-order valence-electron chi connectivity index (χ4n) is 2.55. The number of nitrogens with zero attached hydrogens (tertiary/aromatic N) is 2. The van der Waals surface area contributed by atoms with E-state index in [1.165, 1.54) is 11.9 Å². The van der Waals surface area contributed by atoms with Gasteiger partial charge < -0.3 is 21.1 Å². The second kappa shape index (κ2) is 3.55. The molecule has 4 N–H and O–H groups in total. The van der Waals surface area contributed by atoms with Gasteiger partial charge in [-0.25, -0.2) is 0 Å². The van der Waals surface area contributed by atoms with Crippen molar-refractivity contribution in [1.29, 1.82) is 0 Å². The average Bonchev–Trinajstić information content (AvgIpc) is 2.77. The van der Waals surface area contributed by atoms with E-state index in [9.17, 15) is 14.7 Å². The number of guanidine groups is 1. The van der Waals surface area contributed by atoms with Crippen molar-refractivity contribution in [3.63, 3.8) is 0 Å². The summed E-state index contributed by atoms with van der Waals surface area (Å²) in [4.78, 5) is 28.9. The second-order valence-corrected chi connectivity index (χ2v) is 4.59. The van der Waals surface area contributed by atoms with Gasteiger partial charge in [0.2, 0.25) is 0 Å². The summed E-state index contributed by atoms with van der Waals surface area (Å²) >= 11 is 0. The summed E-state index contributed by atoms with van der Waals surface area (Å²) in [6.45, 7) is 0. The normalized spacial score (nSPS) is 29.3. The quantitative estimate of drug-likeness (QED) is 0.599. The Morgan fingerprint density at radius 3 is 2.74 bits per heavy atom. The Hall–Kier alpha value is -2.41. The first-order valence-corrected chi connectivity index (χ1v) is 5.70. The number of amides is 2. The molecule has 1 aromatic rings. The molecule has 2 aliphatic heterocycles. The van der Waals surface area contributed by atoms with Gasteiger partial charge in [-0.15, -0.1) is 0 Å². The highest BCUT2D eigenvalue weighted by atomic mass is 16.3. The number of likely N-dealkylation sites (N-methyl/N-ethyl adjacent to an activating group) is 1. The van der Waals surface area contributed by atoms with Crippen molar-refractivity contribution in [2.75, 3.05) is 12.4 Å². The first kappa shape index (κ1) is 11.7. The van der Waals surface area contributed by atoms with Crippen LogP contribution >= 0.6 is 0 Å². The molecule has 2 heterocycles. The third-order valence-electron chi connectivity index (χ3n) is 3.54. The summed E-state index contributed by atoms with van der Waals surface area (Å²) in [6.07, 6.45) is 0. The van der Waals surface area contributed by atoms with Crippen molar-refractivity contribution in [2.45, 2.75) is 11.6 Å². The number of nitrogens with one attached hydrogen (secondary N) is 1. The van der Waals surface area contributed by atoms with Gasteiger partial charge >= 0.3 is 0 Å². The number of benzene rings is 1. The minimum atomic E-state index is -1.98. The van der Waals surface area contributed by atoms with E-state index in [0.717, 1.165) is 0 Å². The molecule has 3 rings (SSSR count). The van der Waals surface area contributed by atoms with Gasteiger partial charge in [0.15, 0.2) is 17.6 Å². The third-order valence-corrected chi connectivity index (χ3v) is 3.54. The monoisotopic (exact) mass is 260 g/mol. The molecule has 2 aliphatic rings. The number of aliphatic hydroxyl groups is 1. The van der Waals surface area contributed by atoms with Gasteiger partial charge in [-0.2, -0.15) is 4.99 Å². The number of nitrogens with two attached hydrogens (primary N) is 1. The summed E-state index contributed by atoms with van der Waals surface area (Å²) in [5.74, 6) is -1.29. The molecule has 0 radical (unpaired) electrons. The van der Waals surface area contributed by atoms with Gasteiger partial charge in [-0.05, 0) is 6.07 Å². The Morgan fingerprint density at radius 2 is 2.11 bits per heavy atom. The van der Waals surface area contributed by atoms with Gasteiger partial charge in [-0.1, -0.05) is 18.2 Å². The fourth-order valence-corrected chi connectivity index (χ4v) is 2.55. The van der Waals surface area contributed by atoms with Crippen LogP contribution in [-0.4, -0.2) is 40.9 Å². The molecular weight excluding hydrogens is 248 g/mol. The Labute approximate surface area is 108 Å². The lowest BCUT2D eigenvalue weighted by atomic mass is 9.86. The maximum absolute atomic E-state index is 12.1. The largest absolute Gasteiger partial charge is 0.373 e. The van der Waals surface area contributed by atoms with Gasteiger partial charge in [0.05, 0.1) is 0 Å². The molecule has 2 unspecified atom stereocenters. The molecule has 0 saturated carbocycles. The Morgan fingerprint density at radius 1 is 1.42 bits per heavy atom. The zero-order chi connectivity index (χ0) is 13.8. The highest BCUT2D eigenvalue weighted by molar-refractivity contribution is 6.12. The molecule has 0 bridgehead atoms. The number of anilines is 1. The van der Waals surface area contributed by atoms with Crippen LogP contribution in [0.15, 0.2) is 29.3 Å². The molecule has 0 saturated heterocycles. The van der Waals surface area contributed by atoms with Gasteiger partial charge in [-0.3, -0.25) is 9.59 Å². The topological polar surface area (TPSA) is 108 Å². The van der Waals surface area contributed by atoms with E-state index in [1.54, 1.807) is 24.3 Å². The predicted molar refractivity (Wildman–Crippen MR) is 67.1 cm³/mol. The number of para-hydroxylation sites is 1. The van der Waals surface area contributed by atoms with E-state index in [-0.39, 0.29) is 5.96 Å². The molecular formula is C12H12N4O3. The zero-order valence-corrected chi connectivity index (χ0v) is 10.1. The highest BCUT2D eigenvalue weighted by Gasteiger charge is 2.58. The van der Waals surface area contributed by atoms with Crippen molar-refractivity contribution in [3.8, 4) is 0 Å². The number of carbonyl (C=O) groups is 2. The van der Waals surface area contributed by atoms with Crippen molar-refractivity contribution in [1.82, 2.24) is 4.90 Å². The van der Waals surface area contributed by atoms with E-state index < -0.39 is 23.5 Å². The fraction of sp³-hybridized carbons (Fsp3) is 0.250. The maximum Gasteiger partial charge on any atom is 0.275 e. The van der Waals surface area contributed by atoms with Crippen molar-refractivity contribution < 1.29 is 14.7 Å². The van der Waals surface area contributed by atoms with E-state index in [0.29, 0.717) is 11.3 Å². The van der Waals surface area contributed by atoms with Crippen LogP contribution in [0.3, 0.4) is 0 Å². The summed E-state index contributed by atoms with van der Waals surface area (Å²) < 4.78 is 0. The number of rotatable bonds is 1. The summed E-state index contributed by atoms with van der Waals surface area (Å²) in [5.41, 5.74) is 4.43. The lowest BCUT2D eigenvalue weighted by molar-refractivity contribution is -0.146. The summed E-state index contributed by atoms with van der Waals surface area (Å²) in [5, 5.41) is 13.3. The van der Waals surface area contributed by atoms with Crippen LogP contribution in [0.1, 0.15) is 5.56 Å². The van der Waals surface area contributed by atoms with Crippen LogP contribution in [0.2, 0.25) is 0 Å². The van der Waals surface area contributed by atoms with Crippen LogP contribution in [0, 0.1) is 0 Å². The Balaban J connectivity index is 2.14. The van der Waals surface area contributed by atoms with Crippen LogP contribution in [0.4, 0.5) is 5.69 Å². The lowest BCUT2D eigenvalue weighted by Gasteiger charge is -2.31. The van der Waals surface area contributed by atoms with E-state index in [4.69, 9.17) is 5.73 Å². The molecule has 2 atom stereocenters. The molecule has 19 heavy (non-hydrogen) atoms. The number of carbonyl (C=O) groups excluding carboxylic acids is 2. The van der Waals surface area contributed by atoms with E-state index in [1.807, 2.05) is 0 Å². The number of hydrogen-bond donors (Lipinski definition) is 3. The van der Waals surface area contributed by atoms with Crippen molar-refractivity contribution in [3.05, 3.63) is 29.8 Å². The maximum atomic E-state index is 12.1. The van der Waals surface area contributed by atoms with Gasteiger partial charge in [0, 0.05) is 18.3 Å². The summed E-state index contributed by atoms with van der Waals surface area (Å²) in [6, 6.07) is 5.54. The Kier molecular flexibility index (Phi) is 2.18. The van der Waals surface area contributed by atoms with E-state index in [2.05, 4.69) is 10.3 Å². The minimum absolute atomic E-state index is 0.0133. The molecule has 0 fully saturated rings. The molecule has 7 nitrogen and oxygen atoms in total. The first-order valence-electron chi connectivity index (χ1n) is 5.70. The molecule has 1 aromatic carbocycles. The van der Waals surface area contributed by atoms with Gasteiger partial charge in [0.25, 0.3) is 11.8 Å². The smallest absolute Gasteiger partial charge is 0.275 e. The highest BCUT2D eigenvalue weighted by Crippen LogP contribution is 2.41. The molecule has 0 aliphatic carbocycles. The van der Waals surface area contributed by atoms with E-state index >= 15 is 0 Å². The van der Waals surface area contributed by atoms with Crippen LogP contribution in [0.25, 0.3) is 0 Å². The van der Waals surface area contributed by atoms with Crippen LogP contribution < -0.4 is 11.1 Å². The van der Waals surface area contributed by atoms with Crippen LogP contribution in [-0.2, 0) is 15.2 Å². The molecule has 0 aromatic heterocycles. The van der Waals surface area contributed by atoms with Crippen molar-refractivity contribution in [2.24, 2.45) is 10.7 Å². The Bertz CT molecular complexity index is 627. The molecule has 7 heteroatoms. The zero-order valence-electron chi connectivity index (χ0n) is 10.1. The number of aliphatic imine (C=N–C) groups is 1.